The molecule has 0 radical (unpaired) electrons. The van der Waals surface area contributed by atoms with Crippen LogP contribution in [0.1, 0.15) is 18.4 Å². The minimum atomic E-state index is -0.202. The van der Waals surface area contributed by atoms with Gasteiger partial charge in [0.15, 0.2) is 0 Å². The van der Waals surface area contributed by atoms with Gasteiger partial charge in [-0.15, -0.1) is 0 Å². The number of morpholine rings is 1. The molecule has 2 saturated heterocycles. The molecule has 0 bridgehead atoms. The Balaban J connectivity index is 1.47. The van der Waals surface area contributed by atoms with Gasteiger partial charge in [-0.3, -0.25) is 9.69 Å². The quantitative estimate of drug-likeness (QED) is 0.899. The van der Waals surface area contributed by atoms with Gasteiger partial charge < -0.3 is 15.0 Å². The molecule has 0 unspecified atom stereocenters. The van der Waals surface area contributed by atoms with Crippen LogP contribution in [0.15, 0.2) is 24.3 Å². The van der Waals surface area contributed by atoms with Gasteiger partial charge in [0, 0.05) is 51.7 Å². The summed E-state index contributed by atoms with van der Waals surface area (Å²) in [6, 6.07) is 6.81. The molecular formula is C18H26FN3O2. The topological polar surface area (TPSA) is 44.8 Å². The summed E-state index contributed by atoms with van der Waals surface area (Å²) in [5.41, 5.74) is 1.11. The van der Waals surface area contributed by atoms with Gasteiger partial charge in [0.2, 0.25) is 5.91 Å². The molecule has 1 N–H and O–H groups in total. The molecule has 6 heteroatoms. The first kappa shape index (κ1) is 17.3. The minimum Gasteiger partial charge on any atom is -0.378 e. The van der Waals surface area contributed by atoms with E-state index in [1.807, 2.05) is 17.0 Å². The van der Waals surface area contributed by atoms with Crippen molar-refractivity contribution in [3.8, 4) is 0 Å². The highest BCUT2D eigenvalue weighted by molar-refractivity contribution is 5.76. The van der Waals surface area contributed by atoms with Gasteiger partial charge in [-0.1, -0.05) is 12.1 Å². The van der Waals surface area contributed by atoms with Crippen molar-refractivity contribution in [2.75, 3.05) is 45.9 Å². The van der Waals surface area contributed by atoms with Crippen molar-refractivity contribution < 1.29 is 13.9 Å². The van der Waals surface area contributed by atoms with E-state index in [-0.39, 0.29) is 17.8 Å². The maximum absolute atomic E-state index is 13.0. The second kappa shape index (κ2) is 8.55. The van der Waals surface area contributed by atoms with Gasteiger partial charge in [-0.05, 0) is 24.1 Å². The van der Waals surface area contributed by atoms with E-state index in [1.165, 1.54) is 12.1 Å². The fraction of sp³-hybridized carbons (Fsp3) is 0.611. The van der Waals surface area contributed by atoms with Crippen LogP contribution in [0.5, 0.6) is 0 Å². The standard InChI is InChI=1S/C18H26FN3O2/c19-16-4-2-15(3-5-16)13-21-7-1-8-22(10-9-21)18(23)12-17-14-24-11-6-20-17/h2-5,17,20H,1,6-14H2/t17-/m0/s1. The Kier molecular flexibility index (Phi) is 6.18. The first-order valence-electron chi connectivity index (χ1n) is 8.76. The van der Waals surface area contributed by atoms with E-state index in [4.69, 9.17) is 4.74 Å². The lowest BCUT2D eigenvalue weighted by molar-refractivity contribution is -0.132. The number of carbonyl (C=O) groups excluding carboxylic acids is 1. The summed E-state index contributed by atoms with van der Waals surface area (Å²) < 4.78 is 18.4. The average molecular weight is 335 g/mol. The zero-order valence-corrected chi connectivity index (χ0v) is 14.0. The van der Waals surface area contributed by atoms with Crippen molar-refractivity contribution >= 4 is 5.91 Å². The van der Waals surface area contributed by atoms with Crippen molar-refractivity contribution in [3.63, 3.8) is 0 Å². The van der Waals surface area contributed by atoms with Crippen LogP contribution in [-0.2, 0) is 16.1 Å². The number of amides is 1. The molecule has 2 aliphatic rings. The number of carbonyl (C=O) groups is 1. The van der Waals surface area contributed by atoms with Gasteiger partial charge in [0.1, 0.15) is 5.82 Å². The fourth-order valence-corrected chi connectivity index (χ4v) is 3.32. The third-order valence-electron chi connectivity index (χ3n) is 4.68. The molecule has 0 aliphatic carbocycles. The summed E-state index contributed by atoms with van der Waals surface area (Å²) in [6.07, 6.45) is 1.49. The zero-order chi connectivity index (χ0) is 16.8. The first-order valence-corrected chi connectivity index (χ1v) is 8.76. The molecule has 132 valence electrons. The second-order valence-electron chi connectivity index (χ2n) is 6.57. The molecule has 3 rings (SSSR count). The molecule has 24 heavy (non-hydrogen) atoms. The average Bonchev–Trinajstić information content (AvgIpc) is 2.83. The summed E-state index contributed by atoms with van der Waals surface area (Å²) in [5, 5.41) is 3.34. The molecular weight excluding hydrogens is 309 g/mol. The van der Waals surface area contributed by atoms with Crippen molar-refractivity contribution in [1.82, 2.24) is 15.1 Å². The van der Waals surface area contributed by atoms with E-state index in [2.05, 4.69) is 10.2 Å². The Labute approximate surface area is 142 Å². The lowest BCUT2D eigenvalue weighted by Gasteiger charge is -2.27. The normalized spacial score (nSPS) is 23.0. The lowest BCUT2D eigenvalue weighted by atomic mass is 10.1. The SMILES string of the molecule is O=C(C[C@H]1COCCN1)N1CCCN(Cc2ccc(F)cc2)CC1. The van der Waals surface area contributed by atoms with E-state index in [9.17, 15) is 9.18 Å². The second-order valence-corrected chi connectivity index (χ2v) is 6.57. The van der Waals surface area contributed by atoms with Crippen LogP contribution in [0.2, 0.25) is 0 Å². The number of halogens is 1. The zero-order valence-electron chi connectivity index (χ0n) is 14.0. The molecule has 2 fully saturated rings. The summed E-state index contributed by atoms with van der Waals surface area (Å²) in [7, 11) is 0. The molecule has 1 atom stereocenters. The molecule has 1 amide bonds. The van der Waals surface area contributed by atoms with Gasteiger partial charge in [0.25, 0.3) is 0 Å². The minimum absolute atomic E-state index is 0.143. The van der Waals surface area contributed by atoms with E-state index in [0.29, 0.717) is 13.0 Å². The predicted octanol–water partition coefficient (Wildman–Crippen LogP) is 1.24. The van der Waals surface area contributed by atoms with E-state index >= 15 is 0 Å². The maximum Gasteiger partial charge on any atom is 0.224 e. The van der Waals surface area contributed by atoms with Gasteiger partial charge >= 0.3 is 0 Å². The molecule has 1 aromatic carbocycles. The number of hydrogen-bond donors (Lipinski definition) is 1. The Hall–Kier alpha value is -1.50. The highest BCUT2D eigenvalue weighted by atomic mass is 19.1. The molecule has 0 aromatic heterocycles. The number of rotatable bonds is 4. The number of ether oxygens (including phenoxy) is 1. The monoisotopic (exact) mass is 335 g/mol. The van der Waals surface area contributed by atoms with Gasteiger partial charge in [-0.2, -0.15) is 0 Å². The number of nitrogens with zero attached hydrogens (tertiary/aromatic N) is 2. The van der Waals surface area contributed by atoms with Crippen molar-refractivity contribution in [1.29, 1.82) is 0 Å². The Morgan fingerprint density at radius 3 is 2.79 bits per heavy atom. The maximum atomic E-state index is 13.0. The molecule has 2 heterocycles. The molecule has 0 saturated carbocycles. The van der Waals surface area contributed by atoms with E-state index in [0.717, 1.165) is 57.9 Å². The summed E-state index contributed by atoms with van der Waals surface area (Å²) >= 11 is 0. The molecule has 5 nitrogen and oxygen atoms in total. The predicted molar refractivity (Wildman–Crippen MR) is 90.1 cm³/mol. The van der Waals surface area contributed by atoms with Crippen LogP contribution in [0.3, 0.4) is 0 Å². The first-order chi connectivity index (χ1) is 11.7. The molecule has 1 aromatic rings. The summed E-state index contributed by atoms with van der Waals surface area (Å²) in [4.78, 5) is 16.8. The number of benzene rings is 1. The van der Waals surface area contributed by atoms with Crippen molar-refractivity contribution in [2.45, 2.75) is 25.4 Å². The number of hydrogen-bond acceptors (Lipinski definition) is 4. The van der Waals surface area contributed by atoms with Crippen LogP contribution in [-0.4, -0.2) is 67.7 Å². The Bertz CT molecular complexity index is 532. The van der Waals surface area contributed by atoms with Crippen LogP contribution in [0.25, 0.3) is 0 Å². The highest BCUT2D eigenvalue weighted by Crippen LogP contribution is 2.11. The van der Waals surface area contributed by atoms with Gasteiger partial charge in [0.05, 0.1) is 13.2 Å². The van der Waals surface area contributed by atoms with Crippen LogP contribution >= 0.6 is 0 Å². The third-order valence-corrected chi connectivity index (χ3v) is 4.68. The molecule has 2 aliphatic heterocycles. The van der Waals surface area contributed by atoms with E-state index < -0.39 is 0 Å². The third kappa shape index (κ3) is 5.00. The smallest absolute Gasteiger partial charge is 0.224 e. The Morgan fingerprint density at radius 1 is 1.21 bits per heavy atom. The van der Waals surface area contributed by atoms with E-state index in [1.54, 1.807) is 0 Å². The van der Waals surface area contributed by atoms with Crippen molar-refractivity contribution in [2.24, 2.45) is 0 Å². The van der Waals surface area contributed by atoms with Crippen LogP contribution in [0.4, 0.5) is 4.39 Å². The number of nitrogens with one attached hydrogen (secondary N) is 1. The largest absolute Gasteiger partial charge is 0.378 e. The Morgan fingerprint density at radius 2 is 2.04 bits per heavy atom. The van der Waals surface area contributed by atoms with Crippen LogP contribution in [0, 0.1) is 5.82 Å². The van der Waals surface area contributed by atoms with Gasteiger partial charge in [-0.25, -0.2) is 4.39 Å². The fourth-order valence-electron chi connectivity index (χ4n) is 3.32. The summed E-state index contributed by atoms with van der Waals surface area (Å²) in [6.45, 7) is 6.37. The summed E-state index contributed by atoms with van der Waals surface area (Å²) in [5.74, 6) is 0.00771. The highest BCUT2D eigenvalue weighted by Gasteiger charge is 2.23. The molecule has 0 spiro atoms. The van der Waals surface area contributed by atoms with Crippen LogP contribution < -0.4 is 5.32 Å². The lowest BCUT2D eigenvalue weighted by Crippen LogP contribution is -2.45. The van der Waals surface area contributed by atoms with Crippen molar-refractivity contribution in [3.05, 3.63) is 35.6 Å².